The van der Waals surface area contributed by atoms with Gasteiger partial charge in [-0.3, -0.25) is 14.9 Å². The minimum Gasteiger partial charge on any atom is -0.351 e. The van der Waals surface area contributed by atoms with Crippen LogP contribution in [0.4, 0.5) is 5.69 Å². The molecule has 0 spiro atoms. The number of non-ortho nitro benzene ring substituents is 1. The van der Waals surface area contributed by atoms with Gasteiger partial charge in [-0.2, -0.15) is 0 Å². The third-order valence-corrected chi connectivity index (χ3v) is 5.91. The summed E-state index contributed by atoms with van der Waals surface area (Å²) in [4.78, 5) is 23.0. The summed E-state index contributed by atoms with van der Waals surface area (Å²) in [6.07, 6.45) is 2.32. The van der Waals surface area contributed by atoms with Crippen LogP contribution >= 0.6 is 23.1 Å². The molecule has 0 saturated carbocycles. The Bertz CT molecular complexity index is 984. The van der Waals surface area contributed by atoms with Crippen LogP contribution in [-0.4, -0.2) is 32.1 Å². The van der Waals surface area contributed by atoms with Crippen molar-refractivity contribution in [2.75, 3.05) is 6.54 Å². The number of nitrogens with zero attached hydrogens (tertiary/aromatic N) is 4. The van der Waals surface area contributed by atoms with Crippen LogP contribution in [0.1, 0.15) is 21.1 Å². The van der Waals surface area contributed by atoms with Crippen LogP contribution in [0, 0.1) is 10.1 Å². The van der Waals surface area contributed by atoms with E-state index < -0.39 is 4.92 Å². The fourth-order valence-electron chi connectivity index (χ4n) is 2.57. The molecule has 1 aromatic carbocycles. The smallest absolute Gasteiger partial charge is 0.269 e. The fourth-order valence-corrected chi connectivity index (χ4v) is 4.13. The van der Waals surface area contributed by atoms with Crippen molar-refractivity contribution < 1.29 is 9.72 Å². The van der Waals surface area contributed by atoms with Gasteiger partial charge >= 0.3 is 0 Å². The maximum absolute atomic E-state index is 12.0. The zero-order valence-corrected chi connectivity index (χ0v) is 17.1. The number of carbonyl (C=O) groups is 1. The van der Waals surface area contributed by atoms with Gasteiger partial charge in [-0.05, 0) is 17.0 Å². The quantitative estimate of drug-likeness (QED) is 0.228. The zero-order chi connectivity index (χ0) is 20.6. The average molecular weight is 430 g/mol. The zero-order valence-electron chi connectivity index (χ0n) is 15.5. The largest absolute Gasteiger partial charge is 0.351 e. The summed E-state index contributed by atoms with van der Waals surface area (Å²) in [5, 5.41) is 24.7. The number of thiophene rings is 1. The Hall–Kier alpha value is -2.98. The van der Waals surface area contributed by atoms with E-state index in [1.807, 2.05) is 16.0 Å². The summed E-state index contributed by atoms with van der Waals surface area (Å²) in [5.74, 6) is 1.28. The monoisotopic (exact) mass is 429 g/mol. The van der Waals surface area contributed by atoms with Crippen LogP contribution < -0.4 is 5.32 Å². The normalized spacial score (nSPS) is 10.6. The van der Waals surface area contributed by atoms with Crippen molar-refractivity contribution in [1.29, 1.82) is 0 Å². The van der Waals surface area contributed by atoms with E-state index in [-0.39, 0.29) is 11.6 Å². The average Bonchev–Trinajstić information content (AvgIpc) is 3.38. The molecule has 0 unspecified atom stereocenters. The number of amides is 1. The van der Waals surface area contributed by atoms with Crippen LogP contribution in [0.25, 0.3) is 0 Å². The van der Waals surface area contributed by atoms with Gasteiger partial charge in [0.15, 0.2) is 5.16 Å². The molecule has 8 nitrogen and oxygen atoms in total. The lowest BCUT2D eigenvalue weighted by molar-refractivity contribution is -0.384. The molecule has 0 atom stereocenters. The van der Waals surface area contributed by atoms with Gasteiger partial charge < -0.3 is 9.88 Å². The number of nitrogens with one attached hydrogen (secondary N) is 1. The third kappa shape index (κ3) is 5.52. The molecular formula is C19H19N5O3S2. The number of allylic oxidation sites excluding steroid dienone is 1. The molecule has 2 heterocycles. The molecule has 2 aromatic heterocycles. The fraction of sp³-hybridized carbons (Fsp3) is 0.211. The van der Waals surface area contributed by atoms with Crippen molar-refractivity contribution in [3.8, 4) is 0 Å². The highest BCUT2D eigenvalue weighted by Crippen LogP contribution is 2.23. The van der Waals surface area contributed by atoms with E-state index in [4.69, 9.17) is 0 Å². The molecule has 0 saturated heterocycles. The molecule has 0 aliphatic heterocycles. The number of thioether (sulfide) groups is 1. The highest BCUT2D eigenvalue weighted by molar-refractivity contribution is 7.98. The molecule has 0 bridgehead atoms. The number of rotatable bonds is 10. The molecule has 0 aliphatic rings. The Morgan fingerprint density at radius 1 is 1.31 bits per heavy atom. The van der Waals surface area contributed by atoms with Crippen molar-refractivity contribution in [3.63, 3.8) is 0 Å². The second kappa shape index (κ2) is 9.99. The number of hydrogen-bond acceptors (Lipinski definition) is 7. The molecule has 1 amide bonds. The van der Waals surface area contributed by atoms with Gasteiger partial charge in [-0.1, -0.05) is 36.0 Å². The van der Waals surface area contributed by atoms with Crippen LogP contribution in [-0.2, 0) is 18.7 Å². The lowest BCUT2D eigenvalue weighted by atomic mass is 10.2. The summed E-state index contributed by atoms with van der Waals surface area (Å²) >= 11 is 2.90. The minimum atomic E-state index is -0.416. The number of benzene rings is 1. The molecule has 1 N–H and O–H groups in total. The summed E-state index contributed by atoms with van der Waals surface area (Å²) in [6, 6.07) is 10.1. The lowest BCUT2D eigenvalue weighted by Gasteiger charge is -2.08. The van der Waals surface area contributed by atoms with E-state index in [0.717, 1.165) is 16.5 Å². The summed E-state index contributed by atoms with van der Waals surface area (Å²) in [7, 11) is 0. The first-order valence-corrected chi connectivity index (χ1v) is 10.7. The minimum absolute atomic E-state index is 0.0699. The van der Waals surface area contributed by atoms with Crippen molar-refractivity contribution in [3.05, 3.63) is 80.8 Å². The van der Waals surface area contributed by atoms with E-state index in [0.29, 0.717) is 30.1 Å². The second-order valence-electron chi connectivity index (χ2n) is 5.99. The lowest BCUT2D eigenvalue weighted by Crippen LogP contribution is -2.25. The van der Waals surface area contributed by atoms with Gasteiger partial charge in [0.05, 0.1) is 9.80 Å². The first-order valence-electron chi connectivity index (χ1n) is 8.79. The van der Waals surface area contributed by atoms with Crippen LogP contribution in [0.2, 0.25) is 0 Å². The Balaban J connectivity index is 1.59. The highest BCUT2D eigenvalue weighted by atomic mass is 32.2. The number of nitro groups is 1. The molecule has 0 aliphatic carbocycles. The summed E-state index contributed by atoms with van der Waals surface area (Å²) in [6.45, 7) is 4.80. The molecule has 3 rings (SSSR count). The van der Waals surface area contributed by atoms with Gasteiger partial charge in [-0.15, -0.1) is 28.1 Å². The van der Waals surface area contributed by atoms with Gasteiger partial charge in [0.2, 0.25) is 0 Å². The van der Waals surface area contributed by atoms with Gasteiger partial charge in [-0.25, -0.2) is 0 Å². The van der Waals surface area contributed by atoms with E-state index >= 15 is 0 Å². The topological polar surface area (TPSA) is 103 Å². The van der Waals surface area contributed by atoms with Crippen LogP contribution in [0.5, 0.6) is 0 Å². The molecule has 0 fully saturated rings. The predicted octanol–water partition coefficient (Wildman–Crippen LogP) is 3.70. The maximum atomic E-state index is 12.0. The first-order chi connectivity index (χ1) is 14.1. The van der Waals surface area contributed by atoms with E-state index in [1.54, 1.807) is 24.3 Å². The molecular weight excluding hydrogens is 410 g/mol. The van der Waals surface area contributed by atoms with Gasteiger partial charge in [0, 0.05) is 37.4 Å². The standard InChI is InChI=1S/C19H19N5O3S2/c1-2-11-23-17(9-10-20-18(25)16-4-3-12-28-16)21-22-19(23)29-13-14-5-7-15(8-6-14)24(26)27/h2-8,12H,1,9-11,13H2,(H,20,25). The highest BCUT2D eigenvalue weighted by Gasteiger charge is 2.13. The number of hydrogen-bond donors (Lipinski definition) is 1. The molecule has 10 heteroatoms. The van der Waals surface area contributed by atoms with Crippen molar-refractivity contribution >= 4 is 34.7 Å². The van der Waals surface area contributed by atoms with Crippen LogP contribution in [0.15, 0.2) is 59.6 Å². The van der Waals surface area contributed by atoms with Crippen molar-refractivity contribution in [1.82, 2.24) is 20.1 Å². The first kappa shape index (κ1) is 20.7. The molecule has 0 radical (unpaired) electrons. The second-order valence-corrected chi connectivity index (χ2v) is 7.88. The third-order valence-electron chi connectivity index (χ3n) is 4.00. The number of carbonyl (C=O) groups excluding carboxylic acids is 1. The van der Waals surface area contributed by atoms with Crippen LogP contribution in [0.3, 0.4) is 0 Å². The van der Waals surface area contributed by atoms with E-state index in [9.17, 15) is 14.9 Å². The Morgan fingerprint density at radius 3 is 2.76 bits per heavy atom. The van der Waals surface area contributed by atoms with Gasteiger partial charge in [0.25, 0.3) is 11.6 Å². The summed E-state index contributed by atoms with van der Waals surface area (Å²) < 4.78 is 1.96. The number of nitro benzene ring substituents is 1. The Kier molecular flexibility index (Phi) is 7.14. The van der Waals surface area contributed by atoms with E-state index in [2.05, 4.69) is 22.1 Å². The molecule has 29 heavy (non-hydrogen) atoms. The van der Waals surface area contributed by atoms with Crippen molar-refractivity contribution in [2.24, 2.45) is 0 Å². The molecule has 3 aromatic rings. The van der Waals surface area contributed by atoms with E-state index in [1.165, 1.54) is 35.2 Å². The summed E-state index contributed by atoms with van der Waals surface area (Å²) in [5.41, 5.74) is 1.03. The van der Waals surface area contributed by atoms with Crippen molar-refractivity contribution in [2.45, 2.75) is 23.9 Å². The Morgan fingerprint density at radius 2 is 2.10 bits per heavy atom. The molecule has 150 valence electrons. The SMILES string of the molecule is C=CCn1c(CCNC(=O)c2cccs2)nnc1SCc1ccc([N+](=O)[O-])cc1. The number of aromatic nitrogens is 3. The maximum Gasteiger partial charge on any atom is 0.269 e. The Labute approximate surface area is 175 Å². The predicted molar refractivity (Wildman–Crippen MR) is 113 cm³/mol. The van der Waals surface area contributed by atoms with Gasteiger partial charge in [0.1, 0.15) is 5.82 Å².